The van der Waals surface area contributed by atoms with Crippen molar-refractivity contribution in [1.29, 1.82) is 0 Å². The number of nitrogens with one attached hydrogen (secondary N) is 1. The van der Waals surface area contributed by atoms with E-state index in [1.54, 1.807) is 20.8 Å². The van der Waals surface area contributed by atoms with Crippen molar-refractivity contribution in [3.8, 4) is 0 Å². The molecular weight excluding hydrogens is 177 g/mol. The summed E-state index contributed by atoms with van der Waals surface area (Å²) < 4.78 is 16.5. The van der Waals surface area contributed by atoms with Gasteiger partial charge in [-0.15, -0.1) is 0 Å². The van der Waals surface area contributed by atoms with Gasteiger partial charge in [0, 0.05) is 6.42 Å². The molecule has 0 saturated carbocycles. The quantitative estimate of drug-likeness (QED) is 0.662. The summed E-state index contributed by atoms with van der Waals surface area (Å²) >= 11 is 0. The summed E-state index contributed by atoms with van der Waals surface area (Å²) in [5, 5.41) is 11.1. The molecule has 0 saturated heterocycles. The predicted molar refractivity (Wildman–Crippen MR) is 46.0 cm³/mol. The van der Waals surface area contributed by atoms with Crippen LogP contribution < -0.4 is 5.32 Å². The van der Waals surface area contributed by atoms with E-state index in [0.29, 0.717) is 0 Å². The Morgan fingerprint density at radius 1 is 1.62 bits per heavy atom. The molecule has 0 radical (unpaired) electrons. The molecule has 0 spiro atoms. The highest BCUT2D eigenvalue weighted by atomic mass is 19.1. The van der Waals surface area contributed by atoms with Crippen LogP contribution in [0.1, 0.15) is 27.2 Å². The molecular formula is C8H16FNO3. The van der Waals surface area contributed by atoms with Crippen LogP contribution in [0.25, 0.3) is 0 Å². The standard InChI is InChI=1S/C8H16FNO3/c1-8(2,3)13-7(12)10-6(11)4-5-9/h6,11H,4-5H2,1-3H3,(H,10,12). The first-order valence-corrected chi connectivity index (χ1v) is 4.08. The van der Waals surface area contributed by atoms with Gasteiger partial charge in [-0.05, 0) is 20.8 Å². The number of alkyl carbamates (subject to hydrolysis) is 1. The summed E-state index contributed by atoms with van der Waals surface area (Å²) in [6.45, 7) is 4.42. The van der Waals surface area contributed by atoms with Crippen LogP contribution in [0.4, 0.5) is 9.18 Å². The number of aliphatic hydroxyl groups is 1. The van der Waals surface area contributed by atoms with Crippen molar-refractivity contribution in [3.63, 3.8) is 0 Å². The molecule has 5 heteroatoms. The number of ether oxygens (including phenoxy) is 1. The highest BCUT2D eigenvalue weighted by molar-refractivity contribution is 5.67. The van der Waals surface area contributed by atoms with Gasteiger partial charge in [0.2, 0.25) is 0 Å². The van der Waals surface area contributed by atoms with Gasteiger partial charge in [0.05, 0.1) is 6.67 Å². The molecule has 0 bridgehead atoms. The van der Waals surface area contributed by atoms with E-state index >= 15 is 0 Å². The van der Waals surface area contributed by atoms with Gasteiger partial charge in [-0.25, -0.2) is 4.79 Å². The van der Waals surface area contributed by atoms with Gasteiger partial charge in [-0.3, -0.25) is 9.71 Å². The Labute approximate surface area is 77.1 Å². The lowest BCUT2D eigenvalue weighted by molar-refractivity contribution is 0.0335. The topological polar surface area (TPSA) is 58.6 Å². The Balaban J connectivity index is 3.74. The number of hydrogen-bond acceptors (Lipinski definition) is 3. The Bertz CT molecular complexity index is 167. The first kappa shape index (κ1) is 12.2. The molecule has 0 aliphatic carbocycles. The summed E-state index contributed by atoms with van der Waals surface area (Å²) in [6.07, 6.45) is -2.05. The van der Waals surface area contributed by atoms with Crippen molar-refractivity contribution in [2.45, 2.75) is 39.0 Å². The summed E-state index contributed by atoms with van der Waals surface area (Å²) in [7, 11) is 0. The predicted octanol–water partition coefficient (Wildman–Crippen LogP) is 1.19. The molecule has 0 aromatic rings. The minimum Gasteiger partial charge on any atom is -0.444 e. The monoisotopic (exact) mass is 193 g/mol. The molecule has 0 rings (SSSR count). The third kappa shape index (κ3) is 7.52. The molecule has 0 fully saturated rings. The summed E-state index contributed by atoms with van der Waals surface area (Å²) in [5.41, 5.74) is -0.612. The lowest BCUT2D eigenvalue weighted by atomic mass is 10.2. The molecule has 1 unspecified atom stereocenters. The zero-order valence-corrected chi connectivity index (χ0v) is 8.13. The first-order valence-electron chi connectivity index (χ1n) is 4.08. The van der Waals surface area contributed by atoms with E-state index in [9.17, 15) is 9.18 Å². The van der Waals surface area contributed by atoms with Gasteiger partial charge in [0.1, 0.15) is 11.8 Å². The van der Waals surface area contributed by atoms with Crippen molar-refractivity contribution in [1.82, 2.24) is 5.32 Å². The Kier molecular flexibility index (Phi) is 4.69. The smallest absolute Gasteiger partial charge is 0.409 e. The number of aliphatic hydroxyl groups excluding tert-OH is 1. The second-order valence-electron chi connectivity index (χ2n) is 3.64. The maximum Gasteiger partial charge on any atom is 0.409 e. The van der Waals surface area contributed by atoms with Crippen molar-refractivity contribution in [2.75, 3.05) is 6.67 Å². The van der Waals surface area contributed by atoms with Crippen LogP contribution in [0.5, 0.6) is 0 Å². The average Bonchev–Trinajstić information content (AvgIpc) is 1.81. The maximum absolute atomic E-state index is 11.7. The fourth-order valence-corrected chi connectivity index (χ4v) is 0.619. The molecule has 2 N–H and O–H groups in total. The average molecular weight is 193 g/mol. The molecule has 0 aromatic heterocycles. The number of carbonyl (C=O) groups is 1. The van der Waals surface area contributed by atoms with E-state index in [-0.39, 0.29) is 6.42 Å². The molecule has 0 heterocycles. The van der Waals surface area contributed by atoms with Crippen molar-refractivity contribution < 1.29 is 19.0 Å². The summed E-state index contributed by atoms with van der Waals surface area (Å²) in [5.74, 6) is 0. The highest BCUT2D eigenvalue weighted by Crippen LogP contribution is 2.06. The molecule has 0 aromatic carbocycles. The zero-order chi connectivity index (χ0) is 10.5. The number of carbonyl (C=O) groups excluding carboxylic acids is 1. The fraction of sp³-hybridized carbons (Fsp3) is 0.875. The summed E-state index contributed by atoms with van der Waals surface area (Å²) in [6, 6.07) is 0. The third-order valence-corrected chi connectivity index (χ3v) is 1.07. The largest absolute Gasteiger partial charge is 0.444 e. The van der Waals surface area contributed by atoms with Crippen molar-refractivity contribution >= 4 is 6.09 Å². The SMILES string of the molecule is CC(C)(C)OC(=O)NC(O)CCF. The first-order chi connectivity index (χ1) is 5.85. The van der Waals surface area contributed by atoms with Gasteiger partial charge >= 0.3 is 6.09 Å². The minimum absolute atomic E-state index is 0.126. The second-order valence-corrected chi connectivity index (χ2v) is 3.64. The van der Waals surface area contributed by atoms with E-state index < -0.39 is 24.6 Å². The molecule has 4 nitrogen and oxygen atoms in total. The molecule has 1 atom stereocenters. The number of hydrogen-bond donors (Lipinski definition) is 2. The fourth-order valence-electron chi connectivity index (χ4n) is 0.619. The molecule has 0 aliphatic rings. The van der Waals surface area contributed by atoms with E-state index in [2.05, 4.69) is 5.32 Å². The lowest BCUT2D eigenvalue weighted by Gasteiger charge is -2.21. The van der Waals surface area contributed by atoms with Gasteiger partial charge in [0.15, 0.2) is 0 Å². The van der Waals surface area contributed by atoms with Crippen LogP contribution in [0.2, 0.25) is 0 Å². The Morgan fingerprint density at radius 2 is 2.15 bits per heavy atom. The minimum atomic E-state index is -1.18. The van der Waals surface area contributed by atoms with Crippen LogP contribution in [-0.2, 0) is 4.74 Å². The molecule has 1 amide bonds. The third-order valence-electron chi connectivity index (χ3n) is 1.07. The van der Waals surface area contributed by atoms with E-state index in [1.165, 1.54) is 0 Å². The van der Waals surface area contributed by atoms with Gasteiger partial charge in [-0.1, -0.05) is 0 Å². The second kappa shape index (κ2) is 5.01. The lowest BCUT2D eigenvalue weighted by Crippen LogP contribution is -2.39. The Hall–Kier alpha value is -0.840. The van der Waals surface area contributed by atoms with E-state index in [1.807, 2.05) is 0 Å². The van der Waals surface area contributed by atoms with Crippen LogP contribution in [0, 0.1) is 0 Å². The number of alkyl halides is 1. The molecule has 0 aliphatic heterocycles. The van der Waals surface area contributed by atoms with Crippen molar-refractivity contribution in [2.24, 2.45) is 0 Å². The van der Waals surface area contributed by atoms with Crippen LogP contribution >= 0.6 is 0 Å². The van der Waals surface area contributed by atoms with Crippen LogP contribution in [0.3, 0.4) is 0 Å². The normalized spacial score (nSPS) is 13.6. The number of halogens is 1. The number of amides is 1. The van der Waals surface area contributed by atoms with Crippen LogP contribution in [-0.4, -0.2) is 29.7 Å². The van der Waals surface area contributed by atoms with Gasteiger partial charge in [0.25, 0.3) is 0 Å². The van der Waals surface area contributed by atoms with Gasteiger partial charge in [-0.2, -0.15) is 0 Å². The highest BCUT2D eigenvalue weighted by Gasteiger charge is 2.17. The number of rotatable bonds is 3. The van der Waals surface area contributed by atoms with E-state index in [0.717, 1.165) is 0 Å². The summed E-state index contributed by atoms with van der Waals surface area (Å²) in [4.78, 5) is 10.9. The molecule has 78 valence electrons. The Morgan fingerprint density at radius 3 is 2.54 bits per heavy atom. The zero-order valence-electron chi connectivity index (χ0n) is 8.13. The van der Waals surface area contributed by atoms with Crippen LogP contribution in [0.15, 0.2) is 0 Å². The van der Waals surface area contributed by atoms with Gasteiger partial charge < -0.3 is 9.84 Å². The maximum atomic E-state index is 11.7. The van der Waals surface area contributed by atoms with Crippen molar-refractivity contribution in [3.05, 3.63) is 0 Å². The molecule has 13 heavy (non-hydrogen) atoms. The van der Waals surface area contributed by atoms with E-state index in [4.69, 9.17) is 9.84 Å².